The van der Waals surface area contributed by atoms with Gasteiger partial charge in [0.2, 0.25) is 5.91 Å². The number of benzene rings is 2. The maximum absolute atomic E-state index is 13.8. The molecular weight excluding hydrogens is 539 g/mol. The molecule has 0 saturated heterocycles. The van der Waals surface area contributed by atoms with Crippen molar-refractivity contribution in [3.05, 3.63) is 79.1 Å². The van der Waals surface area contributed by atoms with Gasteiger partial charge in [-0.05, 0) is 48.2 Å². The molecule has 5 rings (SSSR count). The Labute approximate surface area is 215 Å². The summed E-state index contributed by atoms with van der Waals surface area (Å²) >= 11 is 15.9. The van der Waals surface area contributed by atoms with Crippen LogP contribution in [0.1, 0.15) is 32.3 Å². The molecule has 1 unspecified atom stereocenters. The lowest BCUT2D eigenvalue weighted by Crippen LogP contribution is -2.52. The van der Waals surface area contributed by atoms with Crippen LogP contribution in [0.25, 0.3) is 0 Å². The second-order valence-electron chi connectivity index (χ2n) is 9.46. The zero-order valence-corrected chi connectivity index (χ0v) is 21.4. The Morgan fingerprint density at radius 1 is 1.12 bits per heavy atom. The summed E-state index contributed by atoms with van der Waals surface area (Å²) in [6.07, 6.45) is 0.699. The van der Waals surface area contributed by atoms with Gasteiger partial charge in [0.1, 0.15) is 17.3 Å². The lowest BCUT2D eigenvalue weighted by atomic mass is 9.61. The number of ketones is 1. The standard InChI is InChI=1S/C25H19BrCl2N4O2/c1-24(2)9-19-21(20(33)10-24)25(14-7-12(26)3-6-18(14)31-23(25)34)15(11-29)22(30)32(19)13-4-5-16(27)17(28)8-13/h3-8H,9-10,30H2,1-2H3,(H,31,34). The fourth-order valence-electron chi connectivity index (χ4n) is 5.31. The first kappa shape index (κ1) is 23.0. The maximum Gasteiger partial charge on any atom is 0.245 e. The molecule has 0 saturated carbocycles. The molecule has 34 heavy (non-hydrogen) atoms. The molecule has 3 aliphatic rings. The summed E-state index contributed by atoms with van der Waals surface area (Å²) in [5.74, 6) is -0.581. The molecular formula is C25H19BrCl2N4O2. The summed E-state index contributed by atoms with van der Waals surface area (Å²) in [4.78, 5) is 29.2. The van der Waals surface area contributed by atoms with E-state index in [4.69, 9.17) is 28.9 Å². The van der Waals surface area contributed by atoms with E-state index in [1.165, 1.54) is 0 Å². The van der Waals surface area contributed by atoms with Crippen molar-refractivity contribution in [2.24, 2.45) is 11.1 Å². The van der Waals surface area contributed by atoms with Crippen LogP contribution in [-0.4, -0.2) is 11.7 Å². The van der Waals surface area contributed by atoms with Crippen LogP contribution in [0.2, 0.25) is 10.0 Å². The van der Waals surface area contributed by atoms with Crippen LogP contribution in [0, 0.1) is 16.7 Å². The number of carbonyl (C=O) groups excluding carboxylic acids is 2. The molecule has 0 radical (unpaired) electrons. The number of amides is 1. The predicted molar refractivity (Wildman–Crippen MR) is 135 cm³/mol. The summed E-state index contributed by atoms with van der Waals surface area (Å²) in [5.41, 5.74) is 7.15. The summed E-state index contributed by atoms with van der Waals surface area (Å²) in [6, 6.07) is 12.5. The Hall–Kier alpha value is -2.79. The zero-order chi connectivity index (χ0) is 24.6. The van der Waals surface area contributed by atoms with Crippen molar-refractivity contribution >= 4 is 62.2 Å². The molecule has 6 nitrogen and oxygen atoms in total. The third-order valence-electron chi connectivity index (χ3n) is 6.62. The van der Waals surface area contributed by atoms with Gasteiger partial charge in [0.25, 0.3) is 0 Å². The minimum Gasteiger partial charge on any atom is -0.384 e. The third kappa shape index (κ3) is 3.06. The molecule has 1 amide bonds. The molecule has 2 aliphatic heterocycles. The molecule has 2 heterocycles. The number of rotatable bonds is 1. The van der Waals surface area contributed by atoms with Crippen molar-refractivity contribution in [3.63, 3.8) is 0 Å². The Bertz CT molecular complexity index is 1420. The van der Waals surface area contributed by atoms with Gasteiger partial charge in [-0.15, -0.1) is 0 Å². The smallest absolute Gasteiger partial charge is 0.245 e. The van der Waals surface area contributed by atoms with Crippen LogP contribution < -0.4 is 16.0 Å². The highest BCUT2D eigenvalue weighted by Crippen LogP contribution is 2.57. The van der Waals surface area contributed by atoms with Gasteiger partial charge in [-0.3, -0.25) is 14.5 Å². The van der Waals surface area contributed by atoms with Crippen LogP contribution >= 0.6 is 39.1 Å². The molecule has 2 aromatic carbocycles. The van der Waals surface area contributed by atoms with E-state index in [1.54, 1.807) is 41.3 Å². The number of Topliss-reactive ketones (excluding diaryl/α,β-unsaturated/α-hetero) is 1. The number of anilines is 2. The second kappa shape index (κ2) is 7.61. The van der Waals surface area contributed by atoms with Crippen molar-refractivity contribution in [1.29, 1.82) is 5.26 Å². The fourth-order valence-corrected chi connectivity index (χ4v) is 5.96. The number of nitrogens with zero attached hydrogens (tertiary/aromatic N) is 2. The summed E-state index contributed by atoms with van der Waals surface area (Å²) < 4.78 is 0.718. The maximum atomic E-state index is 13.8. The molecule has 3 N–H and O–H groups in total. The third-order valence-corrected chi connectivity index (χ3v) is 7.85. The van der Waals surface area contributed by atoms with E-state index in [0.29, 0.717) is 39.1 Å². The molecule has 0 fully saturated rings. The Kier molecular flexibility index (Phi) is 5.14. The number of nitriles is 1. The zero-order valence-electron chi connectivity index (χ0n) is 18.3. The Balaban J connectivity index is 1.91. The first-order valence-corrected chi connectivity index (χ1v) is 12.1. The van der Waals surface area contributed by atoms with Crippen LogP contribution in [0.3, 0.4) is 0 Å². The Morgan fingerprint density at radius 2 is 1.85 bits per heavy atom. The van der Waals surface area contributed by atoms with Gasteiger partial charge in [0.05, 0.1) is 15.6 Å². The van der Waals surface area contributed by atoms with Gasteiger partial charge in [0, 0.05) is 39.1 Å². The first-order chi connectivity index (χ1) is 16.0. The average molecular weight is 558 g/mol. The summed E-state index contributed by atoms with van der Waals surface area (Å²) in [7, 11) is 0. The SMILES string of the molecule is CC1(C)CC(=O)C2=C(C1)N(c1ccc(Cl)c(Cl)c1)C(N)=C(C#N)C21C(=O)Nc2ccc(Br)cc21. The molecule has 0 bridgehead atoms. The van der Waals surface area contributed by atoms with Crippen molar-refractivity contribution in [3.8, 4) is 6.07 Å². The largest absolute Gasteiger partial charge is 0.384 e. The number of nitrogens with one attached hydrogen (secondary N) is 1. The summed E-state index contributed by atoms with van der Waals surface area (Å²) in [6.45, 7) is 3.99. The quantitative estimate of drug-likeness (QED) is 0.461. The highest BCUT2D eigenvalue weighted by Gasteiger charge is 2.61. The monoisotopic (exact) mass is 556 g/mol. The number of halogens is 3. The number of fused-ring (bicyclic) bond motifs is 3. The minimum atomic E-state index is -1.63. The highest BCUT2D eigenvalue weighted by atomic mass is 79.9. The molecule has 1 spiro atoms. The number of allylic oxidation sites excluding steroid dienone is 1. The lowest BCUT2D eigenvalue weighted by Gasteiger charge is -2.46. The van der Waals surface area contributed by atoms with Crippen LogP contribution in [0.5, 0.6) is 0 Å². The molecule has 1 aliphatic carbocycles. The number of carbonyl (C=O) groups is 2. The molecule has 9 heteroatoms. The average Bonchev–Trinajstić information content (AvgIpc) is 3.01. The van der Waals surface area contributed by atoms with Gasteiger partial charge in [0.15, 0.2) is 5.78 Å². The number of hydrogen-bond acceptors (Lipinski definition) is 5. The van der Waals surface area contributed by atoms with E-state index >= 15 is 0 Å². The van der Waals surface area contributed by atoms with Crippen LogP contribution in [0.4, 0.5) is 11.4 Å². The van der Waals surface area contributed by atoms with Gasteiger partial charge in [-0.25, -0.2) is 0 Å². The van der Waals surface area contributed by atoms with Crippen molar-refractivity contribution in [2.45, 2.75) is 32.1 Å². The normalized spacial score (nSPS) is 23.1. The Morgan fingerprint density at radius 3 is 2.53 bits per heavy atom. The number of hydrogen-bond donors (Lipinski definition) is 2. The lowest BCUT2D eigenvalue weighted by molar-refractivity contribution is -0.123. The minimum absolute atomic E-state index is 0.000251. The van der Waals surface area contributed by atoms with Crippen molar-refractivity contribution < 1.29 is 9.59 Å². The number of nitrogens with two attached hydrogens (primary N) is 1. The van der Waals surface area contributed by atoms with E-state index in [2.05, 4.69) is 27.3 Å². The van der Waals surface area contributed by atoms with E-state index < -0.39 is 11.3 Å². The second-order valence-corrected chi connectivity index (χ2v) is 11.2. The molecule has 2 aromatic rings. The predicted octanol–water partition coefficient (Wildman–Crippen LogP) is 5.80. The van der Waals surface area contributed by atoms with Gasteiger partial charge >= 0.3 is 0 Å². The van der Waals surface area contributed by atoms with Gasteiger partial charge in [-0.2, -0.15) is 5.26 Å². The van der Waals surface area contributed by atoms with Crippen molar-refractivity contribution in [2.75, 3.05) is 10.2 Å². The van der Waals surface area contributed by atoms with E-state index in [1.807, 2.05) is 13.8 Å². The first-order valence-electron chi connectivity index (χ1n) is 10.5. The molecule has 172 valence electrons. The fraction of sp³-hybridized carbons (Fsp3) is 0.240. The van der Waals surface area contributed by atoms with E-state index in [0.717, 1.165) is 4.47 Å². The topological polar surface area (TPSA) is 99.2 Å². The van der Waals surface area contributed by atoms with Gasteiger partial charge in [-0.1, -0.05) is 53.0 Å². The van der Waals surface area contributed by atoms with Gasteiger partial charge < -0.3 is 11.1 Å². The van der Waals surface area contributed by atoms with Crippen LogP contribution in [0.15, 0.2) is 63.5 Å². The molecule has 0 aromatic heterocycles. The summed E-state index contributed by atoms with van der Waals surface area (Å²) in [5, 5.41) is 13.9. The van der Waals surface area contributed by atoms with Crippen LogP contribution in [-0.2, 0) is 15.0 Å². The van der Waals surface area contributed by atoms with E-state index in [9.17, 15) is 14.9 Å². The van der Waals surface area contributed by atoms with E-state index in [-0.39, 0.29) is 34.6 Å². The highest BCUT2D eigenvalue weighted by molar-refractivity contribution is 9.10. The van der Waals surface area contributed by atoms with Crippen molar-refractivity contribution in [1.82, 2.24) is 0 Å². The molecule has 1 atom stereocenters.